The number of amides is 2. The first-order valence-corrected chi connectivity index (χ1v) is 10.3. The Bertz CT molecular complexity index is 774. The standard InChI is InChI=1S/C20H26N4O3S/c1-27-18-5-3-2-4-17(18)24-11-9-23(10-12-24)8-7-21-19(25)20(26)22-14-16-6-13-28-15-16/h2-6,13,15H,7-12,14H2,1H3,(H,21,25)(H,22,26). The lowest BCUT2D eigenvalue weighted by molar-refractivity contribution is -0.139. The van der Waals surface area contributed by atoms with Gasteiger partial charge >= 0.3 is 11.8 Å². The lowest BCUT2D eigenvalue weighted by Crippen LogP contribution is -2.49. The molecule has 150 valence electrons. The predicted octanol–water partition coefficient (Wildman–Crippen LogP) is 1.31. The summed E-state index contributed by atoms with van der Waals surface area (Å²) in [4.78, 5) is 28.3. The van der Waals surface area contributed by atoms with Crippen LogP contribution in [-0.2, 0) is 16.1 Å². The first-order chi connectivity index (χ1) is 13.7. The van der Waals surface area contributed by atoms with E-state index in [1.807, 2.05) is 35.0 Å². The average molecular weight is 403 g/mol. The second-order valence-corrected chi connectivity index (χ2v) is 7.35. The van der Waals surface area contributed by atoms with E-state index in [1.54, 1.807) is 18.4 Å². The van der Waals surface area contributed by atoms with Crippen LogP contribution in [0.5, 0.6) is 5.75 Å². The highest BCUT2D eigenvalue weighted by Crippen LogP contribution is 2.28. The summed E-state index contributed by atoms with van der Waals surface area (Å²) in [6.45, 7) is 5.16. The van der Waals surface area contributed by atoms with Crippen molar-refractivity contribution in [2.75, 3.05) is 51.3 Å². The second kappa shape index (κ2) is 10.1. The number of ether oxygens (including phenoxy) is 1. The number of benzene rings is 1. The number of piperazine rings is 1. The van der Waals surface area contributed by atoms with Crippen LogP contribution in [0.2, 0.25) is 0 Å². The molecule has 1 saturated heterocycles. The van der Waals surface area contributed by atoms with Crippen LogP contribution in [0.15, 0.2) is 41.1 Å². The van der Waals surface area contributed by atoms with Crippen LogP contribution in [0.4, 0.5) is 5.69 Å². The smallest absolute Gasteiger partial charge is 0.309 e. The Hall–Kier alpha value is -2.58. The molecule has 2 heterocycles. The van der Waals surface area contributed by atoms with E-state index >= 15 is 0 Å². The Morgan fingerprint density at radius 3 is 2.54 bits per heavy atom. The lowest BCUT2D eigenvalue weighted by atomic mass is 10.2. The first-order valence-electron chi connectivity index (χ1n) is 9.35. The van der Waals surface area contributed by atoms with E-state index in [1.165, 1.54) is 0 Å². The Kier molecular flexibility index (Phi) is 7.27. The minimum absolute atomic E-state index is 0.376. The molecule has 1 aromatic heterocycles. The monoisotopic (exact) mass is 402 g/mol. The quantitative estimate of drug-likeness (QED) is 0.683. The average Bonchev–Trinajstić information content (AvgIpc) is 3.26. The van der Waals surface area contributed by atoms with Crippen molar-refractivity contribution in [3.05, 3.63) is 46.7 Å². The van der Waals surface area contributed by atoms with Gasteiger partial charge in [-0.2, -0.15) is 11.3 Å². The van der Waals surface area contributed by atoms with Crippen molar-refractivity contribution in [1.29, 1.82) is 0 Å². The van der Waals surface area contributed by atoms with E-state index in [0.717, 1.165) is 49.7 Å². The maximum absolute atomic E-state index is 11.9. The normalized spacial score (nSPS) is 14.5. The van der Waals surface area contributed by atoms with Gasteiger partial charge in [-0.3, -0.25) is 14.5 Å². The topological polar surface area (TPSA) is 73.9 Å². The summed E-state index contributed by atoms with van der Waals surface area (Å²) in [6.07, 6.45) is 0. The van der Waals surface area contributed by atoms with Crippen molar-refractivity contribution >= 4 is 28.8 Å². The van der Waals surface area contributed by atoms with Gasteiger partial charge in [-0.25, -0.2) is 0 Å². The summed E-state index contributed by atoms with van der Waals surface area (Å²) in [6, 6.07) is 9.96. The fourth-order valence-corrected chi connectivity index (χ4v) is 3.84. The molecule has 1 aromatic carbocycles. The molecule has 3 rings (SSSR count). The highest BCUT2D eigenvalue weighted by Gasteiger charge is 2.20. The highest BCUT2D eigenvalue weighted by atomic mass is 32.1. The molecule has 1 aliphatic heterocycles. The fraction of sp³-hybridized carbons (Fsp3) is 0.400. The van der Waals surface area contributed by atoms with E-state index in [2.05, 4.69) is 26.5 Å². The van der Waals surface area contributed by atoms with Gasteiger partial charge in [-0.1, -0.05) is 12.1 Å². The van der Waals surface area contributed by atoms with Gasteiger partial charge in [0, 0.05) is 45.8 Å². The van der Waals surface area contributed by atoms with Crippen LogP contribution in [0.1, 0.15) is 5.56 Å². The molecule has 0 bridgehead atoms. The maximum atomic E-state index is 11.9. The molecule has 0 unspecified atom stereocenters. The second-order valence-electron chi connectivity index (χ2n) is 6.57. The summed E-state index contributed by atoms with van der Waals surface area (Å²) in [5.41, 5.74) is 2.11. The number of rotatable bonds is 7. The molecule has 0 aliphatic carbocycles. The molecule has 2 aromatic rings. The zero-order chi connectivity index (χ0) is 19.8. The van der Waals surface area contributed by atoms with Crippen LogP contribution in [-0.4, -0.2) is 63.1 Å². The Morgan fingerprint density at radius 1 is 1.07 bits per heavy atom. The number of para-hydroxylation sites is 2. The van der Waals surface area contributed by atoms with Crippen molar-refractivity contribution < 1.29 is 14.3 Å². The van der Waals surface area contributed by atoms with Crippen molar-refractivity contribution in [1.82, 2.24) is 15.5 Å². The van der Waals surface area contributed by atoms with E-state index in [0.29, 0.717) is 13.1 Å². The van der Waals surface area contributed by atoms with Crippen molar-refractivity contribution in [3.63, 3.8) is 0 Å². The highest BCUT2D eigenvalue weighted by molar-refractivity contribution is 7.07. The third kappa shape index (κ3) is 5.46. The number of methoxy groups -OCH3 is 1. The summed E-state index contributed by atoms with van der Waals surface area (Å²) >= 11 is 1.56. The molecular weight excluding hydrogens is 376 g/mol. The summed E-state index contributed by atoms with van der Waals surface area (Å²) in [5, 5.41) is 9.22. The molecular formula is C20H26N4O3S. The molecule has 7 nitrogen and oxygen atoms in total. The zero-order valence-corrected chi connectivity index (χ0v) is 16.8. The van der Waals surface area contributed by atoms with E-state index in [4.69, 9.17) is 4.74 Å². The summed E-state index contributed by atoms with van der Waals surface area (Å²) in [5.74, 6) is -0.285. The SMILES string of the molecule is COc1ccccc1N1CCN(CCNC(=O)C(=O)NCc2ccsc2)CC1. The maximum Gasteiger partial charge on any atom is 0.309 e. The van der Waals surface area contributed by atoms with Crippen LogP contribution in [0.25, 0.3) is 0 Å². The predicted molar refractivity (Wildman–Crippen MR) is 111 cm³/mol. The Labute approximate surface area is 169 Å². The van der Waals surface area contributed by atoms with Gasteiger partial charge in [0.15, 0.2) is 0 Å². The lowest BCUT2D eigenvalue weighted by Gasteiger charge is -2.36. The molecule has 0 saturated carbocycles. The number of nitrogens with zero attached hydrogens (tertiary/aromatic N) is 2. The fourth-order valence-electron chi connectivity index (χ4n) is 3.17. The van der Waals surface area contributed by atoms with Crippen molar-refractivity contribution in [2.24, 2.45) is 0 Å². The van der Waals surface area contributed by atoms with Gasteiger partial charge < -0.3 is 20.3 Å². The van der Waals surface area contributed by atoms with Crippen LogP contribution < -0.4 is 20.3 Å². The van der Waals surface area contributed by atoms with Crippen LogP contribution >= 0.6 is 11.3 Å². The molecule has 0 radical (unpaired) electrons. The number of thiophene rings is 1. The molecule has 8 heteroatoms. The molecule has 0 atom stereocenters. The van der Waals surface area contributed by atoms with E-state index in [9.17, 15) is 9.59 Å². The van der Waals surface area contributed by atoms with Crippen molar-refractivity contribution in [2.45, 2.75) is 6.54 Å². The minimum atomic E-state index is -0.591. The van der Waals surface area contributed by atoms with Gasteiger partial charge in [0.25, 0.3) is 0 Å². The van der Waals surface area contributed by atoms with E-state index < -0.39 is 11.8 Å². The van der Waals surface area contributed by atoms with Crippen LogP contribution in [0, 0.1) is 0 Å². The number of carbonyl (C=O) groups excluding carboxylic acids is 2. The molecule has 2 amide bonds. The first kappa shape index (κ1) is 20.2. The molecule has 2 N–H and O–H groups in total. The third-order valence-electron chi connectivity index (χ3n) is 4.75. The van der Waals surface area contributed by atoms with Gasteiger partial charge in [-0.15, -0.1) is 0 Å². The summed E-state index contributed by atoms with van der Waals surface area (Å²) in [7, 11) is 1.69. The number of nitrogens with one attached hydrogen (secondary N) is 2. The minimum Gasteiger partial charge on any atom is -0.495 e. The molecule has 28 heavy (non-hydrogen) atoms. The largest absolute Gasteiger partial charge is 0.495 e. The Balaban J connectivity index is 1.35. The number of hydrogen-bond donors (Lipinski definition) is 2. The van der Waals surface area contributed by atoms with Gasteiger partial charge in [0.2, 0.25) is 0 Å². The zero-order valence-electron chi connectivity index (χ0n) is 16.0. The third-order valence-corrected chi connectivity index (χ3v) is 5.48. The molecule has 0 spiro atoms. The van der Waals surface area contributed by atoms with Crippen LogP contribution in [0.3, 0.4) is 0 Å². The van der Waals surface area contributed by atoms with Crippen molar-refractivity contribution in [3.8, 4) is 5.75 Å². The van der Waals surface area contributed by atoms with Gasteiger partial charge in [-0.05, 0) is 34.5 Å². The number of anilines is 1. The Morgan fingerprint density at radius 2 is 1.82 bits per heavy atom. The number of hydrogen-bond acceptors (Lipinski definition) is 6. The molecule has 1 fully saturated rings. The summed E-state index contributed by atoms with van der Waals surface area (Å²) < 4.78 is 5.44. The van der Waals surface area contributed by atoms with Gasteiger partial charge in [0.05, 0.1) is 12.8 Å². The molecule has 1 aliphatic rings. The number of carbonyl (C=O) groups is 2. The van der Waals surface area contributed by atoms with E-state index in [-0.39, 0.29) is 0 Å². The van der Waals surface area contributed by atoms with Gasteiger partial charge in [0.1, 0.15) is 5.75 Å².